The average molecular weight is 434 g/mol. The molecule has 2 amide bonds. The summed E-state index contributed by atoms with van der Waals surface area (Å²) in [4.78, 5) is 27.8. The van der Waals surface area contributed by atoms with Gasteiger partial charge in [-0.05, 0) is 49.4 Å². The Bertz CT molecular complexity index is 1030. The maximum absolute atomic E-state index is 13.4. The monoisotopic (exact) mass is 433 g/mol. The first kappa shape index (κ1) is 21.9. The van der Waals surface area contributed by atoms with Crippen LogP contribution in [0.3, 0.4) is 0 Å². The summed E-state index contributed by atoms with van der Waals surface area (Å²) in [7, 11) is 0. The summed E-state index contributed by atoms with van der Waals surface area (Å²) in [6.07, 6.45) is 7.84. The molecule has 3 aromatic rings. The molecule has 0 atom stereocenters. The third kappa shape index (κ3) is 4.77. The van der Waals surface area contributed by atoms with E-state index in [9.17, 15) is 9.59 Å². The van der Waals surface area contributed by atoms with Crippen molar-refractivity contribution in [3.63, 3.8) is 0 Å². The van der Waals surface area contributed by atoms with Crippen LogP contribution < -0.4 is 5.32 Å². The van der Waals surface area contributed by atoms with Gasteiger partial charge in [0.2, 0.25) is 5.91 Å². The number of nitrogens with zero attached hydrogens (tertiary/aromatic N) is 4. The molecule has 0 aliphatic carbocycles. The maximum Gasteiger partial charge on any atom is 0.259 e. The highest BCUT2D eigenvalue weighted by Gasteiger charge is 2.30. The van der Waals surface area contributed by atoms with Crippen LogP contribution in [0, 0.1) is 11.8 Å². The normalized spacial score (nSPS) is 14.7. The van der Waals surface area contributed by atoms with Crippen LogP contribution >= 0.6 is 0 Å². The van der Waals surface area contributed by atoms with E-state index in [1.807, 2.05) is 64.3 Å². The second kappa shape index (κ2) is 9.85. The van der Waals surface area contributed by atoms with Gasteiger partial charge < -0.3 is 14.8 Å². The first-order chi connectivity index (χ1) is 15.5. The molecule has 32 heavy (non-hydrogen) atoms. The highest BCUT2D eigenvalue weighted by molar-refractivity contribution is 5.97. The number of hydrogen-bond donors (Lipinski definition) is 1. The SMILES string of the molecule is CC(C)CCNC(=O)C1CCN(C(=O)c2cnn(-c3ccccc3)c2-n2cccc2)CC1. The van der Waals surface area contributed by atoms with Crippen LogP contribution in [0.5, 0.6) is 0 Å². The van der Waals surface area contributed by atoms with E-state index in [-0.39, 0.29) is 17.7 Å². The Morgan fingerprint density at radius 2 is 1.75 bits per heavy atom. The summed E-state index contributed by atoms with van der Waals surface area (Å²) < 4.78 is 3.71. The van der Waals surface area contributed by atoms with Gasteiger partial charge in [-0.1, -0.05) is 32.0 Å². The van der Waals surface area contributed by atoms with Crippen molar-refractivity contribution in [2.24, 2.45) is 11.8 Å². The Balaban J connectivity index is 1.48. The topological polar surface area (TPSA) is 72.2 Å². The molecule has 7 nitrogen and oxygen atoms in total. The first-order valence-electron chi connectivity index (χ1n) is 11.4. The Hall–Kier alpha value is -3.35. The summed E-state index contributed by atoms with van der Waals surface area (Å²) in [5, 5.41) is 7.58. The molecule has 168 valence electrons. The molecule has 1 N–H and O–H groups in total. The molecule has 0 unspecified atom stereocenters. The van der Waals surface area contributed by atoms with Crippen molar-refractivity contribution in [3.8, 4) is 11.5 Å². The second-order valence-corrected chi connectivity index (χ2v) is 8.76. The molecule has 0 saturated carbocycles. The number of hydrogen-bond acceptors (Lipinski definition) is 3. The molecule has 1 aliphatic heterocycles. The van der Waals surface area contributed by atoms with Gasteiger partial charge >= 0.3 is 0 Å². The quantitative estimate of drug-likeness (QED) is 0.618. The molecule has 1 fully saturated rings. The van der Waals surface area contributed by atoms with E-state index in [1.165, 1.54) is 0 Å². The van der Waals surface area contributed by atoms with Gasteiger partial charge in [-0.25, -0.2) is 4.68 Å². The fourth-order valence-electron chi connectivity index (χ4n) is 4.12. The predicted octanol–water partition coefficient (Wildman–Crippen LogP) is 3.68. The molecule has 1 saturated heterocycles. The van der Waals surface area contributed by atoms with Crippen molar-refractivity contribution in [2.45, 2.75) is 33.1 Å². The Morgan fingerprint density at radius 1 is 1.06 bits per heavy atom. The third-order valence-corrected chi connectivity index (χ3v) is 6.00. The molecule has 3 heterocycles. The molecule has 1 aliphatic rings. The minimum Gasteiger partial charge on any atom is -0.356 e. The number of amides is 2. The average Bonchev–Trinajstić information content (AvgIpc) is 3.49. The van der Waals surface area contributed by atoms with Crippen molar-refractivity contribution in [3.05, 3.63) is 66.6 Å². The smallest absolute Gasteiger partial charge is 0.259 e. The standard InChI is InChI=1S/C25H31N5O2/c1-19(2)10-13-26-23(31)20-11-16-29(17-12-20)25(32)22-18-27-30(21-8-4-3-5-9-21)24(22)28-14-6-7-15-28/h3-9,14-15,18-20H,10-13,16-17H2,1-2H3,(H,26,31). The third-order valence-electron chi connectivity index (χ3n) is 6.00. The van der Waals surface area contributed by atoms with Gasteiger partial charge in [0.05, 0.1) is 11.9 Å². The summed E-state index contributed by atoms with van der Waals surface area (Å²) in [6, 6.07) is 13.7. The minimum absolute atomic E-state index is 0.0258. The van der Waals surface area contributed by atoms with Crippen LogP contribution in [0.1, 0.15) is 43.5 Å². The van der Waals surface area contributed by atoms with Crippen molar-refractivity contribution >= 4 is 11.8 Å². The zero-order valence-corrected chi connectivity index (χ0v) is 18.8. The molecular weight excluding hydrogens is 402 g/mol. The van der Waals surface area contributed by atoms with Gasteiger partial charge in [0, 0.05) is 37.9 Å². The summed E-state index contributed by atoms with van der Waals surface area (Å²) in [5.74, 6) is 1.33. The molecule has 1 aromatic carbocycles. The lowest BCUT2D eigenvalue weighted by atomic mass is 9.95. The van der Waals surface area contributed by atoms with E-state index >= 15 is 0 Å². The number of carbonyl (C=O) groups is 2. The Morgan fingerprint density at radius 3 is 2.41 bits per heavy atom. The summed E-state index contributed by atoms with van der Waals surface area (Å²) in [5.41, 5.74) is 1.46. The zero-order valence-electron chi connectivity index (χ0n) is 18.8. The fourth-order valence-corrected chi connectivity index (χ4v) is 4.12. The van der Waals surface area contributed by atoms with Crippen LogP contribution in [0.15, 0.2) is 61.1 Å². The first-order valence-corrected chi connectivity index (χ1v) is 11.4. The molecule has 4 rings (SSSR count). The molecule has 0 spiro atoms. The number of benzene rings is 1. The molecule has 0 bridgehead atoms. The Kier molecular flexibility index (Phi) is 6.73. The van der Waals surface area contributed by atoms with E-state index in [0.29, 0.717) is 44.0 Å². The van der Waals surface area contributed by atoms with Crippen LogP contribution in [0.2, 0.25) is 0 Å². The molecule has 0 radical (unpaired) electrons. The van der Waals surface area contributed by atoms with E-state index < -0.39 is 0 Å². The largest absolute Gasteiger partial charge is 0.356 e. The molecular formula is C25H31N5O2. The van der Waals surface area contributed by atoms with Crippen LogP contribution in [0.4, 0.5) is 0 Å². The number of likely N-dealkylation sites (tertiary alicyclic amines) is 1. The van der Waals surface area contributed by atoms with Crippen LogP contribution in [0.25, 0.3) is 11.5 Å². The lowest BCUT2D eigenvalue weighted by Crippen LogP contribution is -2.43. The van der Waals surface area contributed by atoms with Gasteiger partial charge in [0.25, 0.3) is 5.91 Å². The highest BCUT2D eigenvalue weighted by Crippen LogP contribution is 2.24. The van der Waals surface area contributed by atoms with Crippen molar-refractivity contribution in [1.29, 1.82) is 0 Å². The van der Waals surface area contributed by atoms with Crippen molar-refractivity contribution in [2.75, 3.05) is 19.6 Å². The molecule has 7 heteroatoms. The van der Waals surface area contributed by atoms with Gasteiger partial charge in [-0.15, -0.1) is 0 Å². The van der Waals surface area contributed by atoms with E-state index in [2.05, 4.69) is 24.3 Å². The van der Waals surface area contributed by atoms with Crippen molar-refractivity contribution in [1.82, 2.24) is 24.6 Å². The number of nitrogens with one attached hydrogen (secondary N) is 1. The van der Waals surface area contributed by atoms with Gasteiger partial charge in [-0.2, -0.15) is 5.10 Å². The zero-order chi connectivity index (χ0) is 22.5. The molecule has 2 aromatic heterocycles. The van der Waals surface area contributed by atoms with Gasteiger partial charge in [0.15, 0.2) is 5.82 Å². The predicted molar refractivity (Wildman–Crippen MR) is 124 cm³/mol. The number of rotatable bonds is 7. The minimum atomic E-state index is -0.0467. The second-order valence-electron chi connectivity index (χ2n) is 8.76. The lowest BCUT2D eigenvalue weighted by Gasteiger charge is -2.31. The van der Waals surface area contributed by atoms with E-state index in [4.69, 9.17) is 0 Å². The van der Waals surface area contributed by atoms with E-state index in [0.717, 1.165) is 17.9 Å². The summed E-state index contributed by atoms with van der Waals surface area (Å²) >= 11 is 0. The highest BCUT2D eigenvalue weighted by atomic mass is 16.2. The number of piperidine rings is 1. The Labute approximate surface area is 189 Å². The fraction of sp³-hybridized carbons (Fsp3) is 0.400. The maximum atomic E-state index is 13.4. The van der Waals surface area contributed by atoms with Crippen LogP contribution in [-0.4, -0.2) is 50.7 Å². The van der Waals surface area contributed by atoms with Gasteiger partial charge in [0.1, 0.15) is 5.56 Å². The van der Waals surface area contributed by atoms with Crippen molar-refractivity contribution < 1.29 is 9.59 Å². The van der Waals surface area contributed by atoms with Crippen LogP contribution in [-0.2, 0) is 4.79 Å². The van der Waals surface area contributed by atoms with E-state index in [1.54, 1.807) is 10.9 Å². The lowest BCUT2D eigenvalue weighted by molar-refractivity contribution is -0.126. The number of carbonyl (C=O) groups excluding carboxylic acids is 2. The number of aromatic nitrogens is 3. The summed E-state index contributed by atoms with van der Waals surface area (Å²) in [6.45, 7) is 6.16. The van der Waals surface area contributed by atoms with Gasteiger partial charge in [-0.3, -0.25) is 9.59 Å². The number of para-hydroxylation sites is 1.